The molecule has 10 aromatic carbocycles. The number of amidine groups is 1. The molecule has 48 heteroatoms. The molecule has 4 heterocycles. The number of carboxylic acid groups (broad SMARTS) is 1. The normalized spacial score (nSPS) is 12.6. The van der Waals surface area contributed by atoms with Crippen LogP contribution in [0, 0.1) is 123 Å². The van der Waals surface area contributed by atoms with Crippen LogP contribution in [0.5, 0.6) is 0 Å². The molecule has 0 atom stereocenters. The van der Waals surface area contributed by atoms with Gasteiger partial charge in [-0.3, -0.25) is 50.2 Å². The van der Waals surface area contributed by atoms with Crippen LogP contribution in [0.1, 0.15) is 151 Å². The molecule has 0 saturated carbocycles. The number of piperazine rings is 3. The van der Waals surface area contributed by atoms with Gasteiger partial charge < -0.3 is 71.2 Å². The largest absolute Gasteiger partial charge is 0.487 e. The summed E-state index contributed by atoms with van der Waals surface area (Å²) in [5.41, 5.74) is 17.4. The van der Waals surface area contributed by atoms with E-state index in [0.29, 0.717) is 90.4 Å². The molecule has 0 aliphatic carbocycles. The highest BCUT2D eigenvalue weighted by Gasteiger charge is 2.32. The second-order valence-corrected chi connectivity index (χ2v) is 34.5. The molecule has 4 aliphatic rings. The van der Waals surface area contributed by atoms with Crippen molar-refractivity contribution in [1.29, 1.82) is 11.1 Å². The number of carbonyl (C=O) groups is 5. The van der Waals surface area contributed by atoms with Crippen LogP contribution in [0.4, 0.5) is 89.4 Å². The highest BCUT2D eigenvalue weighted by molar-refractivity contribution is 9.08. The number of nitro groups is 4. The number of alkyl halides is 1. The van der Waals surface area contributed by atoms with E-state index in [2.05, 4.69) is 51.5 Å². The summed E-state index contributed by atoms with van der Waals surface area (Å²) < 4.78 is 144. The van der Waals surface area contributed by atoms with Crippen molar-refractivity contribution in [3.63, 3.8) is 0 Å². The fraction of sp³-hybridized carbons (Fsp3) is 0.299. The summed E-state index contributed by atoms with van der Waals surface area (Å²) >= 11 is 3.09. The molecule has 145 heavy (non-hydrogen) atoms. The topological polar surface area (TPSA) is 518 Å². The number of benzene rings is 10. The van der Waals surface area contributed by atoms with Crippen molar-refractivity contribution in [3.8, 4) is 0 Å². The first-order valence-electron chi connectivity index (χ1n) is 43.2. The number of aromatic carboxylic acids is 1. The Kier molecular flexibility index (Phi) is 48.8. The number of carboxylic acids is 1. The molecule has 3 fully saturated rings. The van der Waals surface area contributed by atoms with E-state index in [1.165, 1.54) is 91.9 Å². The van der Waals surface area contributed by atoms with Gasteiger partial charge in [-0.15, -0.1) is 0 Å². The maximum Gasteiger partial charge on any atom is 0.487 e. The number of hydrogen-bond acceptors (Lipinski definition) is 27. The standard InChI is InChI=1S/C17H23N3O5.C15H12F2N2.C15H21N3O4.C14H8F3N.C11H12FNO4.C7H5BFNO2.C7H5BrF2.C7H4FNO4.C4H10N2.H2N2.H2O.H2/c1-12(21)18-7-9-19(10-8-18)13-5-6-14(15(11-13)20(23)24)16(22)25-17(2,3)4;16-12-4-10(5-13(17)7-12)3-9-1-2-11-8-19-15(18)14(11)6-9;1-15(2,3)22-14(19)12-5-4-11(10-13(12)18(20)21)17-8-6-16-7-9-17;1-18-14-7-9(2-3-13(14)17)4-10-5-11(15)8-12(16)6-10;1-11(2,3)17-10(14)8-5-4-7(12)6-9(8)13(15)16;1-10-7-4-5(8(11)12)2-3-6(7)9;8-4-5-1-6(9)3-7(10)2-5;8-4-1-2-5(7(10)11)6(3-4)9(12)13;1-2-6-4-3-5-1;1-2;;/h5-6,11H,7-10H2,1-4H3;1-2,4-7H,3,8H2,(H2,18,19);4-5,10,16H,6-9H2,1-3H3;2-3,5-8H,4H2;4-6H,1-3H3;2-4,11-12H;1-3H,4H2;1-3H,(H,10,11);5-6H,1-4H2;1-2H;1H2;1H. The number of anilines is 2. The lowest BCUT2D eigenvalue weighted by Crippen LogP contribution is -2.48. The number of halogens is 11. The zero-order chi connectivity index (χ0) is 108. The number of nitrogens with one attached hydrogen (secondary N) is 5. The van der Waals surface area contributed by atoms with Crippen LogP contribution in [-0.4, -0.2) is 183 Å². The number of hydrogen-bond donors (Lipinski definition) is 9. The molecule has 0 radical (unpaired) electrons. The molecule has 0 unspecified atom stereocenters. The van der Waals surface area contributed by atoms with Crippen LogP contribution in [0.25, 0.3) is 9.69 Å². The van der Waals surface area contributed by atoms with Gasteiger partial charge in [0.25, 0.3) is 22.7 Å². The minimum atomic E-state index is -1.66. The third-order valence-corrected chi connectivity index (χ3v) is 20.1. The number of aliphatic imine (C=N–C) groups is 1. The SMILES string of the molecule is C1CNCCN1.CC(=O)N1CCN(c2ccc(C(=O)OC(C)(C)C)c([N+](=O)[O-])c2)CC1.CC(C)(C)OC(=O)c1ccc(F)cc1[N+](=O)[O-].CC(C)(C)OC(=O)c1ccc(N2CCNCC2)cc1[N+](=O)[O-].Fc1cc(F)cc(CBr)c1.N=N.NC1=NCc2ccc(Cc3cc(F)cc(F)c3)cc21.O.O=C(O)c1ccc(F)cc1[N+](=O)[O-].[C-]#[N+]c1cc(B(O)O)ccc1F.[C-]#[N+]c1cc(Cc2cc(F)cc(F)c2)ccc1F.[HH]. The number of carbonyl (C=O) groups excluding carboxylic acids is 4. The highest BCUT2D eigenvalue weighted by atomic mass is 79.9. The molecule has 0 bridgehead atoms. The first-order chi connectivity index (χ1) is 67.6. The van der Waals surface area contributed by atoms with Gasteiger partial charge in [-0.1, -0.05) is 51.8 Å². The molecule has 3 saturated heterocycles. The van der Waals surface area contributed by atoms with E-state index in [0.717, 1.165) is 129 Å². The van der Waals surface area contributed by atoms with Gasteiger partial charge in [0.1, 0.15) is 103 Å². The molecular formula is C97H106BBrF10N16O20. The molecule has 0 aromatic heterocycles. The number of fused-ring (bicyclic) bond motifs is 1. The fourth-order valence-corrected chi connectivity index (χ4v) is 13.4. The van der Waals surface area contributed by atoms with Crippen LogP contribution >= 0.6 is 15.9 Å². The number of nitrogens with two attached hydrogens (primary N) is 1. The van der Waals surface area contributed by atoms with Crippen molar-refractivity contribution in [2.75, 3.05) is 88.3 Å². The van der Waals surface area contributed by atoms with Crippen LogP contribution in [-0.2, 0) is 43.7 Å². The number of nitro benzene ring substituents is 4. The van der Waals surface area contributed by atoms with Gasteiger partial charge in [0, 0.05) is 139 Å². The van der Waals surface area contributed by atoms with Gasteiger partial charge in [-0.05, 0) is 218 Å². The highest BCUT2D eigenvalue weighted by Crippen LogP contribution is 2.33. The van der Waals surface area contributed by atoms with Crippen molar-refractivity contribution < 1.29 is 124 Å². The Morgan fingerprint density at radius 2 is 0.793 bits per heavy atom. The smallest absolute Gasteiger partial charge is 0.477 e. The maximum absolute atomic E-state index is 13.1. The van der Waals surface area contributed by atoms with Crippen molar-refractivity contribution in [1.82, 2.24) is 20.9 Å². The predicted molar refractivity (Wildman–Crippen MR) is 525 cm³/mol. The molecule has 10 aromatic rings. The number of amides is 1. The van der Waals surface area contributed by atoms with Crippen molar-refractivity contribution in [3.05, 3.63) is 365 Å². The van der Waals surface area contributed by atoms with E-state index in [1.54, 1.807) is 79.3 Å². The van der Waals surface area contributed by atoms with Gasteiger partial charge in [0.05, 0.1) is 51.5 Å². The lowest BCUT2D eigenvalue weighted by atomic mass is 9.80. The lowest BCUT2D eigenvalue weighted by molar-refractivity contribution is -0.385. The first-order valence-corrected chi connectivity index (χ1v) is 44.3. The lowest BCUT2D eigenvalue weighted by Gasteiger charge is -2.35. The van der Waals surface area contributed by atoms with Gasteiger partial charge >= 0.3 is 31.0 Å². The molecular weight excluding hydrogens is 1990 g/mol. The summed E-state index contributed by atoms with van der Waals surface area (Å²) in [6.45, 7) is 40.8. The predicted octanol–water partition coefficient (Wildman–Crippen LogP) is 17.4. The van der Waals surface area contributed by atoms with E-state index < -0.39 is 143 Å². The summed E-state index contributed by atoms with van der Waals surface area (Å²) in [5.74, 6) is -9.50. The second kappa shape index (κ2) is 58.1. The van der Waals surface area contributed by atoms with Gasteiger partial charge in [-0.2, -0.15) is 0 Å². The van der Waals surface area contributed by atoms with Gasteiger partial charge in [0.2, 0.25) is 17.3 Å². The minimum absolute atomic E-state index is 0. The van der Waals surface area contributed by atoms with Crippen molar-refractivity contribution in [2.24, 2.45) is 10.7 Å². The molecule has 774 valence electrons. The van der Waals surface area contributed by atoms with Crippen LogP contribution in [0.3, 0.4) is 0 Å². The minimum Gasteiger partial charge on any atom is -0.477 e. The van der Waals surface area contributed by atoms with E-state index in [-0.39, 0.29) is 64.1 Å². The maximum atomic E-state index is 13.1. The Labute approximate surface area is 835 Å². The number of ether oxygens (including phenoxy) is 3. The Bertz CT molecular complexity index is 6270. The van der Waals surface area contributed by atoms with Crippen molar-refractivity contribution >= 4 is 110 Å². The van der Waals surface area contributed by atoms with E-state index in [1.807, 2.05) is 23.1 Å². The van der Waals surface area contributed by atoms with Crippen LogP contribution < -0.4 is 36.9 Å². The van der Waals surface area contributed by atoms with Crippen molar-refractivity contribution in [2.45, 2.75) is 111 Å². The quantitative estimate of drug-likeness (QED) is 0.00499. The zero-order valence-corrected chi connectivity index (χ0v) is 81.4. The summed E-state index contributed by atoms with van der Waals surface area (Å²) in [7, 11) is -1.66. The molecule has 0 spiro atoms. The van der Waals surface area contributed by atoms with Gasteiger partial charge in [0.15, 0.2) is 0 Å². The Balaban J connectivity index is 0.000000428. The molecule has 14 rings (SSSR count). The summed E-state index contributed by atoms with van der Waals surface area (Å²) in [5, 5.41) is 79.6. The Hall–Kier alpha value is -15.6. The van der Waals surface area contributed by atoms with E-state index in [4.69, 9.17) is 59.3 Å². The molecule has 12 N–H and O–H groups in total. The Morgan fingerprint density at radius 1 is 0.455 bits per heavy atom. The van der Waals surface area contributed by atoms with E-state index in [9.17, 15) is 108 Å². The third kappa shape index (κ3) is 41.9. The monoisotopic (exact) mass is 2090 g/mol. The van der Waals surface area contributed by atoms with Crippen LogP contribution in [0.2, 0.25) is 0 Å². The van der Waals surface area contributed by atoms with E-state index >= 15 is 0 Å². The van der Waals surface area contributed by atoms with Gasteiger partial charge in [-0.25, -0.2) is 83.8 Å². The number of nitrogens with zero attached hydrogens (tertiary/aromatic N) is 10. The Morgan fingerprint density at radius 3 is 1.15 bits per heavy atom. The van der Waals surface area contributed by atoms with Crippen LogP contribution in [0.15, 0.2) is 187 Å². The summed E-state index contributed by atoms with van der Waals surface area (Å²) in [6.07, 6.45) is 0.715. The molecule has 4 aliphatic heterocycles. The fourth-order valence-electron chi connectivity index (χ4n) is 13.0. The zero-order valence-electron chi connectivity index (χ0n) is 79.8. The molecule has 36 nitrogen and oxygen atoms in total. The summed E-state index contributed by atoms with van der Waals surface area (Å²) in [4.78, 5) is 114. The number of esters is 3. The molecule has 1 amide bonds. The summed E-state index contributed by atoms with van der Waals surface area (Å²) in [6, 6.07) is 37.6. The first kappa shape index (κ1) is 122. The average Bonchev–Trinajstić information content (AvgIpc) is 1.71. The second-order valence-electron chi connectivity index (χ2n) is 33.9. The average molecular weight is 2100 g/mol. The third-order valence-electron chi connectivity index (χ3n) is 19.4. The number of rotatable bonds is 16.